The first-order valence-corrected chi connectivity index (χ1v) is 8.64. The van der Waals surface area contributed by atoms with Crippen molar-refractivity contribution in [3.8, 4) is 0 Å². The Morgan fingerprint density at radius 2 is 2.00 bits per heavy atom. The molecule has 0 saturated carbocycles. The maximum absolute atomic E-state index is 12.8. The lowest BCUT2D eigenvalue weighted by molar-refractivity contribution is -0.135. The SMILES string of the molecule is CCC(CC(=O)N1CCCCC1C(C)N)c1ccc(C)cc1. The minimum atomic E-state index is 0.0590. The molecule has 122 valence electrons. The molecule has 3 nitrogen and oxygen atoms in total. The van der Waals surface area contributed by atoms with Crippen LogP contribution in [0.5, 0.6) is 0 Å². The first kappa shape index (κ1) is 17.0. The molecule has 22 heavy (non-hydrogen) atoms. The maximum Gasteiger partial charge on any atom is 0.223 e. The number of hydrogen-bond donors (Lipinski definition) is 1. The van der Waals surface area contributed by atoms with Crippen LogP contribution in [0, 0.1) is 6.92 Å². The van der Waals surface area contributed by atoms with Gasteiger partial charge in [0.2, 0.25) is 5.91 Å². The molecule has 3 heteroatoms. The van der Waals surface area contributed by atoms with E-state index >= 15 is 0 Å². The minimum absolute atomic E-state index is 0.0590. The highest BCUT2D eigenvalue weighted by molar-refractivity contribution is 5.77. The van der Waals surface area contributed by atoms with Gasteiger partial charge in [-0.1, -0.05) is 36.8 Å². The van der Waals surface area contributed by atoms with Crippen LogP contribution in [0.4, 0.5) is 0 Å². The lowest BCUT2D eigenvalue weighted by Gasteiger charge is -2.38. The third kappa shape index (κ3) is 4.10. The summed E-state index contributed by atoms with van der Waals surface area (Å²) in [6, 6.07) is 8.87. The first-order chi connectivity index (χ1) is 10.5. The van der Waals surface area contributed by atoms with Crippen LogP contribution >= 0.6 is 0 Å². The first-order valence-electron chi connectivity index (χ1n) is 8.64. The zero-order valence-corrected chi connectivity index (χ0v) is 14.2. The van der Waals surface area contributed by atoms with E-state index in [1.165, 1.54) is 17.5 Å². The fourth-order valence-electron chi connectivity index (χ4n) is 3.48. The van der Waals surface area contributed by atoms with Crippen molar-refractivity contribution in [2.24, 2.45) is 5.73 Å². The molecule has 1 aliphatic rings. The van der Waals surface area contributed by atoms with Gasteiger partial charge < -0.3 is 10.6 Å². The maximum atomic E-state index is 12.8. The molecule has 1 amide bonds. The fraction of sp³-hybridized carbons (Fsp3) is 0.632. The van der Waals surface area contributed by atoms with Crippen LogP contribution in [0.1, 0.15) is 63.0 Å². The van der Waals surface area contributed by atoms with Gasteiger partial charge in [-0.25, -0.2) is 0 Å². The molecule has 3 atom stereocenters. The number of carbonyl (C=O) groups is 1. The van der Waals surface area contributed by atoms with E-state index in [-0.39, 0.29) is 18.0 Å². The van der Waals surface area contributed by atoms with Crippen molar-refractivity contribution in [3.63, 3.8) is 0 Å². The third-order valence-electron chi connectivity index (χ3n) is 4.94. The number of nitrogens with zero attached hydrogens (tertiary/aromatic N) is 1. The van der Waals surface area contributed by atoms with Crippen LogP contribution in [0.3, 0.4) is 0 Å². The Morgan fingerprint density at radius 1 is 1.32 bits per heavy atom. The summed E-state index contributed by atoms with van der Waals surface area (Å²) in [6.45, 7) is 7.15. The summed E-state index contributed by atoms with van der Waals surface area (Å²) in [5.41, 5.74) is 8.63. The molecule has 1 fully saturated rings. The Hall–Kier alpha value is -1.35. The van der Waals surface area contributed by atoms with Crippen molar-refractivity contribution in [3.05, 3.63) is 35.4 Å². The van der Waals surface area contributed by atoms with Gasteiger partial charge in [-0.15, -0.1) is 0 Å². The standard InChI is InChI=1S/C19H30N2O/c1-4-16(17-10-8-14(2)9-11-17)13-19(22)21-12-6-5-7-18(21)15(3)20/h8-11,15-16,18H,4-7,12-13,20H2,1-3H3. The van der Waals surface area contributed by atoms with Crippen molar-refractivity contribution in [1.82, 2.24) is 4.90 Å². The number of likely N-dealkylation sites (tertiary alicyclic amines) is 1. The van der Waals surface area contributed by atoms with E-state index in [9.17, 15) is 4.79 Å². The summed E-state index contributed by atoms with van der Waals surface area (Å²) in [6.07, 6.45) is 4.93. The molecular formula is C19H30N2O. The van der Waals surface area contributed by atoms with Gasteiger partial charge in [0.05, 0.1) is 0 Å². The number of aryl methyl sites for hydroxylation is 1. The Labute approximate surface area is 134 Å². The molecule has 1 aliphatic heterocycles. The van der Waals surface area contributed by atoms with Crippen LogP contribution < -0.4 is 5.73 Å². The van der Waals surface area contributed by atoms with E-state index in [1.807, 2.05) is 11.8 Å². The summed E-state index contributed by atoms with van der Waals surface area (Å²) in [5, 5.41) is 0. The summed E-state index contributed by atoms with van der Waals surface area (Å²) in [4.78, 5) is 14.8. The van der Waals surface area contributed by atoms with Crippen molar-refractivity contribution >= 4 is 5.91 Å². The predicted molar refractivity (Wildman–Crippen MR) is 91.8 cm³/mol. The predicted octanol–water partition coefficient (Wildman–Crippen LogP) is 3.61. The minimum Gasteiger partial charge on any atom is -0.338 e. The van der Waals surface area contributed by atoms with Crippen LogP contribution in [-0.4, -0.2) is 29.4 Å². The molecule has 1 saturated heterocycles. The average molecular weight is 302 g/mol. The second-order valence-corrected chi connectivity index (χ2v) is 6.73. The number of hydrogen-bond acceptors (Lipinski definition) is 2. The Balaban J connectivity index is 2.06. The third-order valence-corrected chi connectivity index (χ3v) is 4.94. The van der Waals surface area contributed by atoms with Crippen LogP contribution in [-0.2, 0) is 4.79 Å². The van der Waals surface area contributed by atoms with Gasteiger partial charge in [-0.05, 0) is 51.0 Å². The number of amides is 1. The van der Waals surface area contributed by atoms with E-state index in [0.29, 0.717) is 12.3 Å². The normalized spacial score (nSPS) is 21.5. The molecule has 0 aromatic heterocycles. The number of piperidine rings is 1. The van der Waals surface area contributed by atoms with Crippen molar-refractivity contribution in [2.75, 3.05) is 6.54 Å². The zero-order valence-electron chi connectivity index (χ0n) is 14.2. The second-order valence-electron chi connectivity index (χ2n) is 6.73. The van der Waals surface area contributed by atoms with Gasteiger partial charge in [-0.3, -0.25) is 4.79 Å². The fourth-order valence-corrected chi connectivity index (χ4v) is 3.48. The van der Waals surface area contributed by atoms with Crippen molar-refractivity contribution in [1.29, 1.82) is 0 Å². The van der Waals surface area contributed by atoms with E-state index in [4.69, 9.17) is 5.73 Å². The summed E-state index contributed by atoms with van der Waals surface area (Å²) >= 11 is 0. The molecule has 1 aromatic carbocycles. The quantitative estimate of drug-likeness (QED) is 0.903. The summed E-state index contributed by atoms with van der Waals surface area (Å²) < 4.78 is 0. The summed E-state index contributed by atoms with van der Waals surface area (Å²) in [7, 11) is 0. The van der Waals surface area contributed by atoms with Crippen LogP contribution in [0.15, 0.2) is 24.3 Å². The molecule has 2 rings (SSSR count). The monoisotopic (exact) mass is 302 g/mol. The van der Waals surface area contributed by atoms with Crippen molar-refractivity contribution < 1.29 is 4.79 Å². The number of nitrogens with two attached hydrogens (primary N) is 1. The topological polar surface area (TPSA) is 46.3 Å². The van der Waals surface area contributed by atoms with E-state index < -0.39 is 0 Å². The Bertz CT molecular complexity index is 481. The van der Waals surface area contributed by atoms with Gasteiger partial charge in [0.1, 0.15) is 0 Å². The number of benzene rings is 1. The summed E-state index contributed by atoms with van der Waals surface area (Å²) in [5.74, 6) is 0.582. The van der Waals surface area contributed by atoms with E-state index in [0.717, 1.165) is 25.8 Å². The lowest BCUT2D eigenvalue weighted by Crippen LogP contribution is -2.51. The average Bonchev–Trinajstić information content (AvgIpc) is 2.53. The number of rotatable bonds is 5. The largest absolute Gasteiger partial charge is 0.338 e. The molecule has 0 spiro atoms. The molecular weight excluding hydrogens is 272 g/mol. The highest BCUT2D eigenvalue weighted by Crippen LogP contribution is 2.27. The van der Waals surface area contributed by atoms with Gasteiger partial charge in [0.15, 0.2) is 0 Å². The smallest absolute Gasteiger partial charge is 0.223 e. The van der Waals surface area contributed by atoms with Crippen molar-refractivity contribution in [2.45, 2.75) is 70.9 Å². The lowest BCUT2D eigenvalue weighted by atomic mass is 9.90. The molecule has 1 aromatic rings. The van der Waals surface area contributed by atoms with Gasteiger partial charge >= 0.3 is 0 Å². The molecule has 2 N–H and O–H groups in total. The molecule has 0 aliphatic carbocycles. The van der Waals surface area contributed by atoms with E-state index in [1.54, 1.807) is 0 Å². The van der Waals surface area contributed by atoms with E-state index in [2.05, 4.69) is 38.1 Å². The second kappa shape index (κ2) is 7.77. The highest BCUT2D eigenvalue weighted by atomic mass is 16.2. The number of carbonyl (C=O) groups excluding carboxylic acids is 1. The molecule has 0 bridgehead atoms. The Morgan fingerprint density at radius 3 is 2.59 bits per heavy atom. The Kier molecular flexibility index (Phi) is 6.01. The molecule has 0 radical (unpaired) electrons. The van der Waals surface area contributed by atoms with Crippen LogP contribution in [0.2, 0.25) is 0 Å². The highest BCUT2D eigenvalue weighted by Gasteiger charge is 2.30. The molecule has 3 unspecified atom stereocenters. The van der Waals surface area contributed by atoms with Gasteiger partial charge in [0, 0.05) is 25.0 Å². The van der Waals surface area contributed by atoms with Gasteiger partial charge in [-0.2, -0.15) is 0 Å². The van der Waals surface area contributed by atoms with Crippen LogP contribution in [0.25, 0.3) is 0 Å². The van der Waals surface area contributed by atoms with Gasteiger partial charge in [0.25, 0.3) is 0 Å². The zero-order chi connectivity index (χ0) is 16.1. The molecule has 1 heterocycles.